The van der Waals surface area contributed by atoms with E-state index in [0.29, 0.717) is 11.3 Å². The number of rotatable bonds is 1. The van der Waals surface area contributed by atoms with Gasteiger partial charge in [0.25, 0.3) is 5.91 Å². The zero-order valence-electron chi connectivity index (χ0n) is 11.9. The Bertz CT molecular complexity index is 770. The summed E-state index contributed by atoms with van der Waals surface area (Å²) in [6.45, 7) is 3.92. The quantitative estimate of drug-likeness (QED) is 0.640. The molecule has 104 valence electrons. The van der Waals surface area contributed by atoms with E-state index in [1.54, 1.807) is 18.2 Å². The first-order valence-electron chi connectivity index (χ1n) is 6.79. The standard InChI is InChI=1S/C18H15NO2/c1-11-3-6-13(7-4-11)10-15-17(20)14-9-12(2)5-8-16(14)19-18(15)21/h3-10H,1-2H3,(H,19,21)/b15-10-. The Labute approximate surface area is 123 Å². The molecule has 0 aliphatic carbocycles. The lowest BCUT2D eigenvalue weighted by Crippen LogP contribution is -2.27. The predicted octanol–water partition coefficient (Wildman–Crippen LogP) is 3.52. The van der Waals surface area contributed by atoms with Gasteiger partial charge >= 0.3 is 0 Å². The minimum atomic E-state index is -0.350. The summed E-state index contributed by atoms with van der Waals surface area (Å²) in [6, 6.07) is 13.2. The van der Waals surface area contributed by atoms with Crippen molar-refractivity contribution in [2.45, 2.75) is 13.8 Å². The summed E-state index contributed by atoms with van der Waals surface area (Å²) in [7, 11) is 0. The highest BCUT2D eigenvalue weighted by molar-refractivity contribution is 6.36. The third-order valence-electron chi connectivity index (χ3n) is 3.55. The van der Waals surface area contributed by atoms with Gasteiger partial charge in [0, 0.05) is 5.56 Å². The fourth-order valence-corrected chi connectivity index (χ4v) is 2.35. The SMILES string of the molecule is Cc1ccc(/C=C2\C(=O)Nc3ccc(C)cc3C2=O)cc1. The zero-order valence-corrected chi connectivity index (χ0v) is 11.9. The molecule has 1 amide bonds. The summed E-state index contributed by atoms with van der Waals surface area (Å²) in [5.74, 6) is -0.574. The van der Waals surface area contributed by atoms with Crippen molar-refractivity contribution in [3.8, 4) is 0 Å². The van der Waals surface area contributed by atoms with Crippen LogP contribution in [-0.4, -0.2) is 11.7 Å². The molecule has 0 atom stereocenters. The highest BCUT2D eigenvalue weighted by Gasteiger charge is 2.28. The first-order valence-corrected chi connectivity index (χ1v) is 6.79. The number of Topliss-reactive ketones (excluding diaryl/α,β-unsaturated/α-hetero) is 1. The van der Waals surface area contributed by atoms with Gasteiger partial charge in [0.1, 0.15) is 0 Å². The van der Waals surface area contributed by atoms with Gasteiger partial charge in [-0.05, 0) is 37.6 Å². The molecule has 3 rings (SSSR count). The minimum Gasteiger partial charge on any atom is -0.321 e. The van der Waals surface area contributed by atoms with Crippen LogP contribution in [0.2, 0.25) is 0 Å². The van der Waals surface area contributed by atoms with Crippen LogP contribution in [0.4, 0.5) is 5.69 Å². The molecule has 0 spiro atoms. The van der Waals surface area contributed by atoms with E-state index < -0.39 is 0 Å². The number of hydrogen-bond acceptors (Lipinski definition) is 2. The van der Waals surface area contributed by atoms with Crippen molar-refractivity contribution in [3.05, 3.63) is 70.3 Å². The maximum absolute atomic E-state index is 12.5. The van der Waals surface area contributed by atoms with Crippen molar-refractivity contribution in [3.63, 3.8) is 0 Å². The molecule has 2 aromatic rings. The number of carbonyl (C=O) groups excluding carboxylic acids is 2. The van der Waals surface area contributed by atoms with E-state index in [0.717, 1.165) is 16.7 Å². The van der Waals surface area contributed by atoms with Crippen molar-refractivity contribution >= 4 is 23.5 Å². The Morgan fingerprint density at radius 1 is 0.905 bits per heavy atom. The molecule has 0 radical (unpaired) electrons. The van der Waals surface area contributed by atoms with E-state index in [1.807, 2.05) is 44.2 Å². The van der Waals surface area contributed by atoms with Crippen LogP contribution in [0.25, 0.3) is 6.08 Å². The Morgan fingerprint density at radius 2 is 1.57 bits per heavy atom. The largest absolute Gasteiger partial charge is 0.321 e. The van der Waals surface area contributed by atoms with Crippen LogP contribution in [0.1, 0.15) is 27.0 Å². The molecule has 0 bridgehead atoms. The van der Waals surface area contributed by atoms with E-state index in [9.17, 15) is 9.59 Å². The molecule has 0 aromatic heterocycles. The predicted molar refractivity (Wildman–Crippen MR) is 83.3 cm³/mol. The number of carbonyl (C=O) groups is 2. The first kappa shape index (κ1) is 13.3. The van der Waals surface area contributed by atoms with Crippen molar-refractivity contribution in [2.75, 3.05) is 5.32 Å². The maximum atomic E-state index is 12.5. The van der Waals surface area contributed by atoms with E-state index in [-0.39, 0.29) is 17.3 Å². The summed E-state index contributed by atoms with van der Waals surface area (Å²) in [4.78, 5) is 24.6. The van der Waals surface area contributed by atoms with Crippen molar-refractivity contribution in [1.29, 1.82) is 0 Å². The van der Waals surface area contributed by atoms with Gasteiger partial charge in [0.15, 0.2) is 0 Å². The van der Waals surface area contributed by atoms with Crippen LogP contribution in [0, 0.1) is 13.8 Å². The number of nitrogens with one attached hydrogen (secondary N) is 1. The molecular weight excluding hydrogens is 262 g/mol. The second-order valence-electron chi connectivity index (χ2n) is 5.30. The number of fused-ring (bicyclic) bond motifs is 1. The molecule has 3 nitrogen and oxygen atoms in total. The number of anilines is 1. The molecule has 1 aliphatic heterocycles. The number of hydrogen-bond donors (Lipinski definition) is 1. The van der Waals surface area contributed by atoms with Gasteiger partial charge in [-0.1, -0.05) is 41.5 Å². The smallest absolute Gasteiger partial charge is 0.259 e. The fraction of sp³-hybridized carbons (Fsp3) is 0.111. The van der Waals surface area contributed by atoms with E-state index >= 15 is 0 Å². The molecule has 21 heavy (non-hydrogen) atoms. The summed E-state index contributed by atoms with van der Waals surface area (Å²) < 4.78 is 0. The van der Waals surface area contributed by atoms with Gasteiger partial charge in [-0.25, -0.2) is 0 Å². The lowest BCUT2D eigenvalue weighted by molar-refractivity contribution is -0.112. The average molecular weight is 277 g/mol. The van der Waals surface area contributed by atoms with Crippen LogP contribution in [-0.2, 0) is 4.79 Å². The molecule has 3 heteroatoms. The van der Waals surface area contributed by atoms with E-state index in [1.165, 1.54) is 0 Å². The molecule has 1 heterocycles. The van der Waals surface area contributed by atoms with Crippen molar-refractivity contribution < 1.29 is 9.59 Å². The monoisotopic (exact) mass is 277 g/mol. The Balaban J connectivity index is 2.06. The summed E-state index contributed by atoms with van der Waals surface area (Å²) in [6.07, 6.45) is 1.64. The lowest BCUT2D eigenvalue weighted by Gasteiger charge is -2.18. The van der Waals surface area contributed by atoms with Gasteiger partial charge in [0.2, 0.25) is 5.78 Å². The molecule has 2 aromatic carbocycles. The molecule has 0 saturated carbocycles. The summed E-state index contributed by atoms with van der Waals surface area (Å²) in [5.41, 5.74) is 4.28. The molecule has 0 fully saturated rings. The Kier molecular flexibility index (Phi) is 3.18. The second-order valence-corrected chi connectivity index (χ2v) is 5.30. The normalized spacial score (nSPS) is 15.8. The molecule has 0 saturated heterocycles. The zero-order chi connectivity index (χ0) is 15.0. The fourth-order valence-electron chi connectivity index (χ4n) is 2.35. The van der Waals surface area contributed by atoms with Gasteiger partial charge < -0.3 is 5.32 Å². The number of benzene rings is 2. The van der Waals surface area contributed by atoms with E-state index in [4.69, 9.17) is 0 Å². The maximum Gasteiger partial charge on any atom is 0.259 e. The van der Waals surface area contributed by atoms with Crippen LogP contribution >= 0.6 is 0 Å². The van der Waals surface area contributed by atoms with Gasteiger partial charge in [-0.15, -0.1) is 0 Å². The molecular formula is C18H15NO2. The molecule has 1 aliphatic rings. The summed E-state index contributed by atoms with van der Waals surface area (Å²) in [5, 5.41) is 2.77. The number of aryl methyl sites for hydroxylation is 2. The number of amides is 1. The average Bonchev–Trinajstić information content (AvgIpc) is 2.46. The van der Waals surface area contributed by atoms with Crippen LogP contribution in [0.3, 0.4) is 0 Å². The highest BCUT2D eigenvalue weighted by Crippen LogP contribution is 2.27. The minimum absolute atomic E-state index is 0.178. The topological polar surface area (TPSA) is 46.2 Å². The van der Waals surface area contributed by atoms with Crippen molar-refractivity contribution in [2.24, 2.45) is 0 Å². The third-order valence-corrected chi connectivity index (χ3v) is 3.55. The van der Waals surface area contributed by atoms with Crippen molar-refractivity contribution in [1.82, 2.24) is 0 Å². The van der Waals surface area contributed by atoms with Crippen LogP contribution < -0.4 is 5.32 Å². The Hall–Kier alpha value is -2.68. The third kappa shape index (κ3) is 2.50. The van der Waals surface area contributed by atoms with Crippen LogP contribution in [0.5, 0.6) is 0 Å². The van der Waals surface area contributed by atoms with E-state index in [2.05, 4.69) is 5.32 Å². The van der Waals surface area contributed by atoms with Gasteiger partial charge in [-0.3, -0.25) is 9.59 Å². The number of ketones is 1. The summed E-state index contributed by atoms with van der Waals surface area (Å²) >= 11 is 0. The first-order chi connectivity index (χ1) is 10.0. The Morgan fingerprint density at radius 3 is 2.29 bits per heavy atom. The van der Waals surface area contributed by atoms with Gasteiger partial charge in [-0.2, -0.15) is 0 Å². The second kappa shape index (κ2) is 5.02. The molecule has 0 unspecified atom stereocenters. The molecule has 1 N–H and O–H groups in total. The van der Waals surface area contributed by atoms with Crippen LogP contribution in [0.15, 0.2) is 48.0 Å². The highest BCUT2D eigenvalue weighted by atomic mass is 16.2. The lowest BCUT2D eigenvalue weighted by atomic mass is 9.94. The van der Waals surface area contributed by atoms with Gasteiger partial charge in [0.05, 0.1) is 11.3 Å².